The molecule has 1 heterocycles. The Morgan fingerprint density at radius 3 is 2.29 bits per heavy atom. The molecule has 1 aliphatic rings. The molecular weight excluding hydrogens is 240 g/mol. The lowest BCUT2D eigenvalue weighted by molar-refractivity contribution is -0.192. The molecule has 4 nitrogen and oxygen atoms in total. The SMILES string of the molecule is C[C@H]1O[C@@H](Sc2ccccc2)[C@@H](O)[C@@H](O)[C@@H]1O. The van der Waals surface area contributed by atoms with E-state index in [1.54, 1.807) is 6.92 Å². The second kappa shape index (κ2) is 5.37. The van der Waals surface area contributed by atoms with E-state index in [-0.39, 0.29) is 0 Å². The smallest absolute Gasteiger partial charge is 0.136 e. The summed E-state index contributed by atoms with van der Waals surface area (Å²) >= 11 is 1.34. The minimum atomic E-state index is -1.17. The number of aliphatic hydroxyl groups is 3. The van der Waals surface area contributed by atoms with Crippen molar-refractivity contribution in [2.24, 2.45) is 0 Å². The van der Waals surface area contributed by atoms with Crippen LogP contribution in [0.4, 0.5) is 0 Å². The van der Waals surface area contributed by atoms with Gasteiger partial charge in [0, 0.05) is 4.90 Å². The van der Waals surface area contributed by atoms with Crippen molar-refractivity contribution in [3.05, 3.63) is 30.3 Å². The van der Waals surface area contributed by atoms with Crippen molar-refractivity contribution in [2.75, 3.05) is 0 Å². The quantitative estimate of drug-likeness (QED) is 0.723. The third kappa shape index (κ3) is 2.81. The highest BCUT2D eigenvalue weighted by Gasteiger charge is 2.42. The van der Waals surface area contributed by atoms with Crippen molar-refractivity contribution < 1.29 is 20.1 Å². The molecule has 0 unspecified atom stereocenters. The zero-order chi connectivity index (χ0) is 12.4. The van der Waals surface area contributed by atoms with Crippen LogP contribution in [0.25, 0.3) is 0 Å². The summed E-state index contributed by atoms with van der Waals surface area (Å²) in [7, 11) is 0. The normalized spacial score (nSPS) is 38.0. The van der Waals surface area contributed by atoms with E-state index in [0.717, 1.165) is 4.90 Å². The molecule has 0 amide bonds. The number of hydrogen-bond acceptors (Lipinski definition) is 5. The predicted octanol–water partition coefficient (Wildman–Crippen LogP) is 0.606. The van der Waals surface area contributed by atoms with Crippen LogP contribution in [0.2, 0.25) is 0 Å². The number of ether oxygens (including phenoxy) is 1. The summed E-state index contributed by atoms with van der Waals surface area (Å²) < 4.78 is 5.49. The first-order valence-corrected chi connectivity index (χ1v) is 6.39. The van der Waals surface area contributed by atoms with Crippen LogP contribution in [0.15, 0.2) is 35.2 Å². The number of thioether (sulfide) groups is 1. The maximum Gasteiger partial charge on any atom is 0.136 e. The maximum atomic E-state index is 9.83. The molecule has 3 N–H and O–H groups in total. The van der Waals surface area contributed by atoms with Gasteiger partial charge in [0.25, 0.3) is 0 Å². The Morgan fingerprint density at radius 2 is 1.65 bits per heavy atom. The van der Waals surface area contributed by atoms with Crippen LogP contribution in [0, 0.1) is 0 Å². The van der Waals surface area contributed by atoms with Crippen LogP contribution in [0.1, 0.15) is 6.92 Å². The van der Waals surface area contributed by atoms with Crippen LogP contribution >= 0.6 is 11.8 Å². The fourth-order valence-electron chi connectivity index (χ4n) is 1.74. The number of benzene rings is 1. The van der Waals surface area contributed by atoms with Gasteiger partial charge < -0.3 is 20.1 Å². The third-order valence-electron chi connectivity index (χ3n) is 2.80. The van der Waals surface area contributed by atoms with Gasteiger partial charge in [0.1, 0.15) is 23.7 Å². The van der Waals surface area contributed by atoms with E-state index in [9.17, 15) is 15.3 Å². The fourth-order valence-corrected chi connectivity index (χ4v) is 2.86. The molecule has 0 radical (unpaired) electrons. The molecule has 0 bridgehead atoms. The van der Waals surface area contributed by atoms with Gasteiger partial charge in [-0.1, -0.05) is 30.0 Å². The molecule has 1 saturated heterocycles. The van der Waals surface area contributed by atoms with Gasteiger partial charge in [0.2, 0.25) is 0 Å². The molecule has 94 valence electrons. The Hall–Kier alpha value is -0.590. The largest absolute Gasteiger partial charge is 0.388 e. The van der Waals surface area contributed by atoms with Crippen LogP contribution in [0.3, 0.4) is 0 Å². The molecule has 5 atom stereocenters. The predicted molar refractivity (Wildman–Crippen MR) is 64.7 cm³/mol. The zero-order valence-electron chi connectivity index (χ0n) is 9.43. The first-order valence-electron chi connectivity index (χ1n) is 5.51. The van der Waals surface area contributed by atoms with Gasteiger partial charge in [0.15, 0.2) is 0 Å². The average Bonchev–Trinajstić information content (AvgIpc) is 2.35. The van der Waals surface area contributed by atoms with E-state index in [4.69, 9.17) is 4.74 Å². The molecule has 2 rings (SSSR count). The van der Waals surface area contributed by atoms with E-state index in [2.05, 4.69) is 0 Å². The lowest BCUT2D eigenvalue weighted by Gasteiger charge is -2.38. The van der Waals surface area contributed by atoms with Crippen molar-refractivity contribution >= 4 is 11.8 Å². The molecule has 5 heteroatoms. The van der Waals surface area contributed by atoms with Gasteiger partial charge in [0.05, 0.1) is 6.10 Å². The van der Waals surface area contributed by atoms with Crippen molar-refractivity contribution in [3.8, 4) is 0 Å². The molecular formula is C12H16O4S. The zero-order valence-corrected chi connectivity index (χ0v) is 10.2. The van der Waals surface area contributed by atoms with E-state index in [1.165, 1.54) is 11.8 Å². The average molecular weight is 256 g/mol. The Labute approximate surface area is 104 Å². The molecule has 1 fully saturated rings. The lowest BCUT2D eigenvalue weighted by atomic mass is 10.0. The first-order chi connectivity index (χ1) is 8.09. The van der Waals surface area contributed by atoms with Crippen LogP contribution in [-0.2, 0) is 4.74 Å². The fraction of sp³-hybridized carbons (Fsp3) is 0.500. The second-order valence-corrected chi connectivity index (χ2v) is 5.28. The highest BCUT2D eigenvalue weighted by atomic mass is 32.2. The Morgan fingerprint density at radius 1 is 1.00 bits per heavy atom. The summed E-state index contributed by atoms with van der Waals surface area (Å²) in [6, 6.07) is 9.51. The summed E-state index contributed by atoms with van der Waals surface area (Å²) in [5, 5.41) is 29.1. The summed E-state index contributed by atoms with van der Waals surface area (Å²) in [4.78, 5) is 0.951. The highest BCUT2D eigenvalue weighted by Crippen LogP contribution is 2.32. The van der Waals surface area contributed by atoms with Gasteiger partial charge >= 0.3 is 0 Å². The molecule has 1 aromatic rings. The topological polar surface area (TPSA) is 69.9 Å². The highest BCUT2D eigenvalue weighted by molar-refractivity contribution is 7.99. The summed E-state index contributed by atoms with van der Waals surface area (Å²) in [6.07, 6.45) is -3.79. The Balaban J connectivity index is 2.06. The monoisotopic (exact) mass is 256 g/mol. The van der Waals surface area contributed by atoms with Crippen LogP contribution < -0.4 is 0 Å². The van der Waals surface area contributed by atoms with Gasteiger partial charge in [-0.3, -0.25) is 0 Å². The first kappa shape index (κ1) is 12.9. The van der Waals surface area contributed by atoms with Crippen LogP contribution in [0.5, 0.6) is 0 Å². The molecule has 0 spiro atoms. The van der Waals surface area contributed by atoms with Crippen molar-refractivity contribution in [2.45, 2.75) is 41.7 Å². The number of aliphatic hydroxyl groups excluding tert-OH is 3. The molecule has 0 saturated carbocycles. The molecule has 0 aliphatic carbocycles. The van der Waals surface area contributed by atoms with Crippen molar-refractivity contribution in [3.63, 3.8) is 0 Å². The van der Waals surface area contributed by atoms with Crippen molar-refractivity contribution in [1.82, 2.24) is 0 Å². The van der Waals surface area contributed by atoms with E-state index in [0.29, 0.717) is 0 Å². The Bertz CT molecular complexity index is 359. The summed E-state index contributed by atoms with van der Waals surface area (Å²) in [5.74, 6) is 0. The second-order valence-electron chi connectivity index (χ2n) is 4.11. The minimum Gasteiger partial charge on any atom is -0.388 e. The number of rotatable bonds is 2. The minimum absolute atomic E-state index is 0.491. The van der Waals surface area contributed by atoms with E-state index in [1.807, 2.05) is 30.3 Å². The Kier molecular flexibility index (Phi) is 4.06. The van der Waals surface area contributed by atoms with Gasteiger partial charge in [-0.05, 0) is 19.1 Å². The molecule has 1 aromatic carbocycles. The summed E-state index contributed by atoms with van der Waals surface area (Å²) in [6.45, 7) is 1.68. The standard InChI is InChI=1S/C12H16O4S/c1-7-9(13)10(14)11(15)12(16-7)17-8-5-3-2-4-6-8/h2-7,9-15H,1H3/t7-,9-,10+,11+,12+/m1/s1. The van der Waals surface area contributed by atoms with Gasteiger partial charge in [-0.15, -0.1) is 0 Å². The van der Waals surface area contributed by atoms with Crippen molar-refractivity contribution in [1.29, 1.82) is 0 Å². The molecule has 1 aliphatic heterocycles. The number of hydrogen-bond donors (Lipinski definition) is 3. The molecule has 0 aromatic heterocycles. The van der Waals surface area contributed by atoms with Crippen LogP contribution in [-0.4, -0.2) is 45.2 Å². The van der Waals surface area contributed by atoms with Gasteiger partial charge in [-0.25, -0.2) is 0 Å². The maximum absolute atomic E-state index is 9.83. The third-order valence-corrected chi connectivity index (χ3v) is 3.97. The molecule has 17 heavy (non-hydrogen) atoms. The summed E-state index contributed by atoms with van der Waals surface area (Å²) in [5.41, 5.74) is -0.564. The lowest BCUT2D eigenvalue weighted by Crippen LogP contribution is -2.55. The van der Waals surface area contributed by atoms with E-state index < -0.39 is 29.9 Å². The van der Waals surface area contributed by atoms with E-state index >= 15 is 0 Å². The van der Waals surface area contributed by atoms with Gasteiger partial charge in [-0.2, -0.15) is 0 Å².